The van der Waals surface area contributed by atoms with Crippen molar-refractivity contribution in [2.45, 2.75) is 37.4 Å². The second-order valence-electron chi connectivity index (χ2n) is 10.5. The van der Waals surface area contributed by atoms with Gasteiger partial charge in [-0.2, -0.15) is 0 Å². The third-order valence-electron chi connectivity index (χ3n) is 7.97. The highest BCUT2D eigenvalue weighted by Gasteiger charge is 2.34. The van der Waals surface area contributed by atoms with Crippen molar-refractivity contribution in [1.29, 1.82) is 0 Å². The van der Waals surface area contributed by atoms with E-state index in [0.717, 1.165) is 30.3 Å². The number of benzene rings is 2. The van der Waals surface area contributed by atoms with E-state index in [1.165, 1.54) is 12.2 Å². The number of aromatic amines is 1. The van der Waals surface area contributed by atoms with Gasteiger partial charge in [-0.05, 0) is 73.2 Å². The fourth-order valence-corrected chi connectivity index (χ4v) is 5.88. The molecule has 3 heterocycles. The quantitative estimate of drug-likeness (QED) is 0.321. The van der Waals surface area contributed by atoms with Crippen molar-refractivity contribution in [3.63, 3.8) is 0 Å². The average Bonchev–Trinajstić information content (AvgIpc) is 3.35. The monoisotopic (exact) mass is 545 g/mol. The molecule has 0 aliphatic carbocycles. The molecule has 5 rings (SSSR count). The van der Waals surface area contributed by atoms with Crippen molar-refractivity contribution in [3.05, 3.63) is 77.0 Å². The molecule has 3 aromatic rings. The molecule has 1 aromatic heterocycles. The summed E-state index contributed by atoms with van der Waals surface area (Å²) in [5.74, 6) is -3.13. The number of carbonyl (C=O) groups excluding carboxylic acids is 1. The minimum Gasteiger partial charge on any atom is -0.392 e. The summed E-state index contributed by atoms with van der Waals surface area (Å²) in [5.41, 5.74) is 0.917. The Labute approximate surface area is 223 Å². The molecule has 0 radical (unpaired) electrons. The van der Waals surface area contributed by atoms with Gasteiger partial charge in [0, 0.05) is 55.8 Å². The molecule has 39 heavy (non-hydrogen) atoms. The van der Waals surface area contributed by atoms with Crippen LogP contribution in [0.3, 0.4) is 0 Å². The molecule has 10 heteroatoms. The maximum atomic E-state index is 14.5. The van der Waals surface area contributed by atoms with Crippen LogP contribution in [-0.2, 0) is 4.79 Å². The van der Waals surface area contributed by atoms with Crippen LogP contribution < -0.4 is 0 Å². The SMILES string of the molecule is O=C(/C=C/c1cc(F)cc(F)c1)N1CCC(C(O)CN2CCC(c3c[nH]c4c(F)ccc(F)c34)C(O)C2)CC1. The van der Waals surface area contributed by atoms with E-state index in [0.29, 0.717) is 57.5 Å². The summed E-state index contributed by atoms with van der Waals surface area (Å²) >= 11 is 0. The topological polar surface area (TPSA) is 79.8 Å². The Morgan fingerprint density at radius 2 is 1.72 bits per heavy atom. The summed E-state index contributed by atoms with van der Waals surface area (Å²) in [7, 11) is 0. The molecule has 0 spiro atoms. The maximum Gasteiger partial charge on any atom is 0.246 e. The van der Waals surface area contributed by atoms with Crippen molar-refractivity contribution in [2.75, 3.05) is 32.7 Å². The normalized spacial score (nSPS) is 22.2. The van der Waals surface area contributed by atoms with Gasteiger partial charge in [-0.15, -0.1) is 0 Å². The van der Waals surface area contributed by atoms with E-state index >= 15 is 0 Å². The highest BCUT2D eigenvalue weighted by molar-refractivity contribution is 5.91. The maximum absolute atomic E-state index is 14.5. The van der Waals surface area contributed by atoms with E-state index in [-0.39, 0.29) is 34.2 Å². The lowest BCUT2D eigenvalue weighted by molar-refractivity contribution is -0.128. The van der Waals surface area contributed by atoms with Gasteiger partial charge in [0.15, 0.2) is 0 Å². The van der Waals surface area contributed by atoms with Crippen LogP contribution in [0.4, 0.5) is 17.6 Å². The largest absolute Gasteiger partial charge is 0.392 e. The van der Waals surface area contributed by atoms with E-state index < -0.39 is 35.5 Å². The molecule has 2 aliphatic rings. The molecule has 3 atom stereocenters. The summed E-state index contributed by atoms with van der Waals surface area (Å²) in [5, 5.41) is 21.9. The second kappa shape index (κ2) is 11.5. The summed E-state index contributed by atoms with van der Waals surface area (Å²) in [6.45, 7) is 2.16. The fourth-order valence-electron chi connectivity index (χ4n) is 5.88. The lowest BCUT2D eigenvalue weighted by atomic mass is 9.85. The number of likely N-dealkylation sites (tertiary alicyclic amines) is 2. The molecular formula is C29H31F4N3O3. The molecule has 1 amide bonds. The summed E-state index contributed by atoms with van der Waals surface area (Å²) < 4.78 is 55.2. The van der Waals surface area contributed by atoms with Crippen LogP contribution in [0.25, 0.3) is 17.0 Å². The van der Waals surface area contributed by atoms with Crippen LogP contribution in [0.2, 0.25) is 0 Å². The summed E-state index contributed by atoms with van der Waals surface area (Å²) in [6, 6.07) is 5.23. The minimum absolute atomic E-state index is 0.0177. The zero-order valence-electron chi connectivity index (χ0n) is 21.3. The van der Waals surface area contributed by atoms with Gasteiger partial charge in [0.1, 0.15) is 23.3 Å². The Morgan fingerprint density at radius 1 is 1.03 bits per heavy atom. The number of fused-ring (bicyclic) bond motifs is 1. The van der Waals surface area contributed by atoms with Crippen LogP contribution in [0.15, 0.2) is 42.6 Å². The van der Waals surface area contributed by atoms with E-state index in [1.807, 2.05) is 4.90 Å². The van der Waals surface area contributed by atoms with Gasteiger partial charge in [0.05, 0.1) is 17.7 Å². The number of rotatable bonds is 6. The standard InChI is InChI=1S/C29H31F4N3O3/c30-19-11-17(12-20(31)13-19)1-4-27(39)36-9-5-18(6-10-36)25(37)15-35-8-7-21(26(38)16-35)22-14-34-29-24(33)3-2-23(32)28(22)29/h1-4,11-14,18,21,25-26,34,37-38H,5-10,15-16H2/b4-1+. The first-order valence-electron chi connectivity index (χ1n) is 13.2. The molecule has 0 saturated carbocycles. The average molecular weight is 546 g/mol. The number of nitrogens with one attached hydrogen (secondary N) is 1. The third-order valence-corrected chi connectivity index (χ3v) is 7.97. The van der Waals surface area contributed by atoms with E-state index in [2.05, 4.69) is 4.98 Å². The predicted molar refractivity (Wildman–Crippen MR) is 139 cm³/mol. The Hall–Kier alpha value is -3.21. The van der Waals surface area contributed by atoms with Crippen molar-refractivity contribution in [2.24, 2.45) is 5.92 Å². The van der Waals surface area contributed by atoms with Gasteiger partial charge >= 0.3 is 0 Å². The Morgan fingerprint density at radius 3 is 2.41 bits per heavy atom. The number of aromatic nitrogens is 1. The molecule has 2 aliphatic heterocycles. The lowest BCUT2D eigenvalue weighted by Crippen LogP contribution is -2.48. The van der Waals surface area contributed by atoms with Crippen molar-refractivity contribution < 1.29 is 32.6 Å². The van der Waals surface area contributed by atoms with Gasteiger partial charge in [-0.3, -0.25) is 9.69 Å². The molecule has 2 fully saturated rings. The van der Waals surface area contributed by atoms with Gasteiger partial charge in [0.2, 0.25) is 5.91 Å². The third kappa shape index (κ3) is 6.03. The van der Waals surface area contributed by atoms with Crippen LogP contribution in [-0.4, -0.2) is 75.8 Å². The number of aliphatic hydroxyl groups is 2. The number of nitrogens with zero attached hydrogens (tertiary/aromatic N) is 2. The molecule has 3 N–H and O–H groups in total. The van der Waals surface area contributed by atoms with E-state index in [1.54, 1.807) is 11.1 Å². The Kier molecular flexibility index (Phi) is 8.06. The molecule has 208 valence electrons. The highest BCUT2D eigenvalue weighted by Crippen LogP contribution is 2.36. The first kappa shape index (κ1) is 27.4. The number of β-amino-alcohol motifs (C(OH)–C–C–N with tert-alkyl or cyclic N) is 2. The zero-order valence-corrected chi connectivity index (χ0v) is 21.3. The molecule has 2 saturated heterocycles. The lowest BCUT2D eigenvalue weighted by Gasteiger charge is -2.39. The van der Waals surface area contributed by atoms with Crippen molar-refractivity contribution in [3.8, 4) is 0 Å². The van der Waals surface area contributed by atoms with Crippen LogP contribution >= 0.6 is 0 Å². The first-order chi connectivity index (χ1) is 18.7. The number of aliphatic hydroxyl groups excluding tert-OH is 2. The highest BCUT2D eigenvalue weighted by atomic mass is 19.1. The van der Waals surface area contributed by atoms with Crippen molar-refractivity contribution >= 4 is 22.9 Å². The zero-order chi connectivity index (χ0) is 27.7. The number of piperidine rings is 2. The molecule has 6 nitrogen and oxygen atoms in total. The molecule has 3 unspecified atom stereocenters. The molecule has 0 bridgehead atoms. The second-order valence-corrected chi connectivity index (χ2v) is 10.5. The van der Waals surface area contributed by atoms with Gasteiger partial charge in [0.25, 0.3) is 0 Å². The van der Waals surface area contributed by atoms with Crippen LogP contribution in [0.1, 0.15) is 36.3 Å². The van der Waals surface area contributed by atoms with E-state index in [9.17, 15) is 32.6 Å². The van der Waals surface area contributed by atoms with Crippen LogP contribution in [0.5, 0.6) is 0 Å². The summed E-state index contributed by atoms with van der Waals surface area (Å²) in [4.78, 5) is 18.9. The number of hydrogen-bond acceptors (Lipinski definition) is 4. The van der Waals surface area contributed by atoms with Crippen molar-refractivity contribution in [1.82, 2.24) is 14.8 Å². The predicted octanol–water partition coefficient (Wildman–Crippen LogP) is 4.19. The fraction of sp³-hybridized carbons (Fsp3) is 0.414. The van der Waals surface area contributed by atoms with E-state index in [4.69, 9.17) is 0 Å². The smallest absolute Gasteiger partial charge is 0.246 e. The number of halogens is 4. The number of amides is 1. The van der Waals surface area contributed by atoms with Gasteiger partial charge in [-0.1, -0.05) is 0 Å². The minimum atomic E-state index is -0.801. The van der Waals surface area contributed by atoms with Crippen LogP contribution in [0, 0.1) is 29.2 Å². The first-order valence-corrected chi connectivity index (χ1v) is 13.2. The number of carbonyl (C=O) groups is 1. The summed E-state index contributed by atoms with van der Waals surface area (Å²) in [6.07, 6.45) is 4.54. The van der Waals surface area contributed by atoms with Gasteiger partial charge in [-0.25, -0.2) is 17.6 Å². The molecular weight excluding hydrogens is 514 g/mol. The molecule has 2 aromatic carbocycles. The number of H-pyrrole nitrogens is 1. The Bertz CT molecular complexity index is 1350. The number of hydrogen-bond donors (Lipinski definition) is 3. The Balaban J connectivity index is 1.11. The van der Waals surface area contributed by atoms with Gasteiger partial charge < -0.3 is 20.1 Å².